The van der Waals surface area contributed by atoms with Gasteiger partial charge in [-0.1, -0.05) is 11.3 Å². The highest BCUT2D eigenvalue weighted by molar-refractivity contribution is 7.89. The summed E-state index contributed by atoms with van der Waals surface area (Å²) < 4.78 is 48.6. The van der Waals surface area contributed by atoms with Crippen LogP contribution in [-0.2, 0) is 21.4 Å². The molecule has 1 saturated heterocycles. The van der Waals surface area contributed by atoms with E-state index in [0.29, 0.717) is 25.1 Å². The van der Waals surface area contributed by atoms with Gasteiger partial charge in [-0.25, -0.2) is 17.5 Å². The molecule has 0 amide bonds. The molecule has 128 valence electrons. The minimum Gasteiger partial charge on any atom is -0.368 e. The summed E-state index contributed by atoms with van der Waals surface area (Å²) in [6.07, 6.45) is 1.89. The topological polar surface area (TPSA) is 77.3 Å². The minimum absolute atomic E-state index is 0.0365. The Kier molecular flexibility index (Phi) is 3.66. The summed E-state index contributed by atoms with van der Waals surface area (Å²) in [5.41, 5.74) is 1.57. The maximum Gasteiger partial charge on any atom is 0.246 e. The van der Waals surface area contributed by atoms with Gasteiger partial charge in [0.15, 0.2) is 0 Å². The molecule has 0 N–H and O–H groups in total. The maximum absolute atomic E-state index is 14.1. The van der Waals surface area contributed by atoms with Crippen LogP contribution in [0.25, 0.3) is 0 Å². The molecule has 1 fully saturated rings. The van der Waals surface area contributed by atoms with Crippen LogP contribution >= 0.6 is 0 Å². The monoisotopic (exact) mass is 352 g/mol. The van der Waals surface area contributed by atoms with Gasteiger partial charge in [0.25, 0.3) is 0 Å². The quantitative estimate of drug-likeness (QED) is 0.813. The zero-order valence-electron chi connectivity index (χ0n) is 13.1. The Hall–Kier alpha value is -1.84. The van der Waals surface area contributed by atoms with E-state index in [1.54, 1.807) is 19.2 Å². The van der Waals surface area contributed by atoms with Gasteiger partial charge in [-0.3, -0.25) is 0 Å². The summed E-state index contributed by atoms with van der Waals surface area (Å²) in [4.78, 5) is -0.288. The molecular formula is C15H17FN4O3S. The van der Waals surface area contributed by atoms with Crippen LogP contribution in [0.15, 0.2) is 29.3 Å². The van der Waals surface area contributed by atoms with Crippen molar-refractivity contribution in [2.24, 2.45) is 0 Å². The lowest BCUT2D eigenvalue weighted by Gasteiger charge is -2.40. The Balaban J connectivity index is 1.61. The van der Waals surface area contributed by atoms with E-state index < -0.39 is 15.8 Å². The summed E-state index contributed by atoms with van der Waals surface area (Å²) >= 11 is 0. The van der Waals surface area contributed by atoms with E-state index in [9.17, 15) is 12.8 Å². The molecule has 7 nitrogen and oxygen atoms in total. The van der Waals surface area contributed by atoms with Crippen LogP contribution in [-0.4, -0.2) is 46.9 Å². The van der Waals surface area contributed by atoms with Gasteiger partial charge in [-0.05, 0) is 31.0 Å². The van der Waals surface area contributed by atoms with Crippen LogP contribution in [0.4, 0.5) is 4.39 Å². The molecule has 0 saturated carbocycles. The molecule has 0 bridgehead atoms. The number of hydrogen-bond donors (Lipinski definition) is 0. The molecule has 24 heavy (non-hydrogen) atoms. The molecule has 2 aromatic rings. The molecule has 4 rings (SSSR count). The molecule has 1 aromatic carbocycles. The molecule has 3 heterocycles. The van der Waals surface area contributed by atoms with Crippen molar-refractivity contribution in [1.29, 1.82) is 0 Å². The number of halogens is 1. The number of rotatable bonds is 2. The van der Waals surface area contributed by atoms with E-state index in [1.807, 2.05) is 4.68 Å². The van der Waals surface area contributed by atoms with Gasteiger partial charge < -0.3 is 4.74 Å². The fourth-order valence-electron chi connectivity index (χ4n) is 3.33. The lowest BCUT2D eigenvalue weighted by Crippen LogP contribution is -2.50. The first kappa shape index (κ1) is 15.7. The maximum atomic E-state index is 14.1. The normalized spacial score (nSPS) is 24.4. The van der Waals surface area contributed by atoms with Crippen LogP contribution in [0.1, 0.15) is 23.7 Å². The van der Waals surface area contributed by atoms with Crippen molar-refractivity contribution in [3.8, 4) is 0 Å². The second-order valence-electron chi connectivity index (χ2n) is 6.17. The number of aryl methyl sites for hydroxylation is 1. The molecule has 0 aliphatic carbocycles. The molecule has 2 aliphatic heterocycles. The predicted molar refractivity (Wildman–Crippen MR) is 82.1 cm³/mol. The van der Waals surface area contributed by atoms with Gasteiger partial charge in [-0.15, -0.1) is 5.10 Å². The smallest absolute Gasteiger partial charge is 0.246 e. The van der Waals surface area contributed by atoms with E-state index >= 15 is 0 Å². The third kappa shape index (κ3) is 2.43. The summed E-state index contributed by atoms with van der Waals surface area (Å²) in [6.45, 7) is 2.54. The van der Waals surface area contributed by atoms with Gasteiger partial charge in [-0.2, -0.15) is 4.31 Å². The van der Waals surface area contributed by atoms with Gasteiger partial charge >= 0.3 is 0 Å². The highest BCUT2D eigenvalue weighted by Gasteiger charge is 2.41. The van der Waals surface area contributed by atoms with Crippen LogP contribution in [0.3, 0.4) is 0 Å². The Labute approximate surface area is 139 Å². The number of benzene rings is 1. The third-order valence-electron chi connectivity index (χ3n) is 4.60. The number of hydrogen-bond acceptors (Lipinski definition) is 5. The predicted octanol–water partition coefficient (Wildman–Crippen LogP) is 1.26. The summed E-state index contributed by atoms with van der Waals surface area (Å²) in [6, 6.07) is 4.12. The largest absolute Gasteiger partial charge is 0.368 e. The molecular weight excluding hydrogens is 335 g/mol. The van der Waals surface area contributed by atoms with Crippen molar-refractivity contribution in [2.45, 2.75) is 37.0 Å². The number of fused-ring (bicyclic) bond motifs is 3. The molecule has 9 heteroatoms. The van der Waals surface area contributed by atoms with Crippen molar-refractivity contribution >= 4 is 10.0 Å². The molecule has 2 atom stereocenters. The SMILES string of the molecule is Cc1ccc(S(=O)(=O)N2CC[C@H]3[C@H](C2)OCc2cnnn23)c(F)c1. The van der Waals surface area contributed by atoms with Crippen LogP contribution in [0, 0.1) is 12.7 Å². The molecule has 0 spiro atoms. The van der Waals surface area contributed by atoms with Crippen molar-refractivity contribution in [1.82, 2.24) is 19.3 Å². The van der Waals surface area contributed by atoms with E-state index in [1.165, 1.54) is 16.4 Å². The highest BCUT2D eigenvalue weighted by Crippen LogP contribution is 2.33. The lowest BCUT2D eigenvalue weighted by molar-refractivity contribution is -0.0544. The third-order valence-corrected chi connectivity index (χ3v) is 6.50. The van der Waals surface area contributed by atoms with Crippen LogP contribution < -0.4 is 0 Å². The number of aromatic nitrogens is 3. The Morgan fingerprint density at radius 2 is 2.21 bits per heavy atom. The first-order valence-electron chi connectivity index (χ1n) is 7.74. The second-order valence-corrected chi connectivity index (χ2v) is 8.08. The minimum atomic E-state index is -3.89. The van der Waals surface area contributed by atoms with E-state index in [4.69, 9.17) is 4.74 Å². The summed E-state index contributed by atoms with van der Waals surface area (Å²) in [7, 11) is -3.89. The average molecular weight is 352 g/mol. The van der Waals surface area contributed by atoms with Crippen molar-refractivity contribution < 1.29 is 17.5 Å². The Morgan fingerprint density at radius 3 is 3.00 bits per heavy atom. The van der Waals surface area contributed by atoms with Crippen LogP contribution in [0.5, 0.6) is 0 Å². The fourth-order valence-corrected chi connectivity index (χ4v) is 4.84. The molecule has 2 aliphatic rings. The van der Waals surface area contributed by atoms with Gasteiger partial charge in [0.2, 0.25) is 10.0 Å². The number of piperidine rings is 1. The van der Waals surface area contributed by atoms with Gasteiger partial charge in [0.1, 0.15) is 10.7 Å². The standard InChI is InChI=1S/C15H17FN4O3S/c1-10-2-3-15(12(16)6-10)24(21,22)19-5-4-13-14(8-19)23-9-11-7-17-18-20(11)13/h2-3,6-7,13-14H,4-5,8-9H2,1H3/t13-,14-/m0/s1. The number of ether oxygens (including phenoxy) is 1. The number of sulfonamides is 1. The Morgan fingerprint density at radius 1 is 1.38 bits per heavy atom. The van der Waals surface area contributed by atoms with Gasteiger partial charge in [0, 0.05) is 13.1 Å². The zero-order valence-corrected chi connectivity index (χ0v) is 13.9. The van der Waals surface area contributed by atoms with E-state index in [0.717, 1.165) is 5.69 Å². The first-order chi connectivity index (χ1) is 11.5. The summed E-state index contributed by atoms with van der Waals surface area (Å²) in [5, 5.41) is 7.95. The molecule has 0 radical (unpaired) electrons. The zero-order chi connectivity index (χ0) is 16.9. The highest BCUT2D eigenvalue weighted by atomic mass is 32.2. The van der Waals surface area contributed by atoms with Crippen molar-refractivity contribution in [2.75, 3.05) is 13.1 Å². The first-order valence-corrected chi connectivity index (χ1v) is 9.18. The van der Waals surface area contributed by atoms with E-state index in [-0.39, 0.29) is 23.6 Å². The lowest BCUT2D eigenvalue weighted by atomic mass is 10.0. The number of nitrogens with zero attached hydrogens (tertiary/aromatic N) is 4. The molecule has 1 aromatic heterocycles. The van der Waals surface area contributed by atoms with Gasteiger partial charge in [0.05, 0.1) is 30.6 Å². The van der Waals surface area contributed by atoms with Crippen LogP contribution in [0.2, 0.25) is 0 Å². The van der Waals surface area contributed by atoms with Crippen molar-refractivity contribution in [3.63, 3.8) is 0 Å². The molecule has 0 unspecified atom stereocenters. The fraction of sp³-hybridized carbons (Fsp3) is 0.467. The second kappa shape index (κ2) is 5.61. The van der Waals surface area contributed by atoms with E-state index in [2.05, 4.69) is 10.3 Å². The Bertz CT molecular complexity index is 883. The summed E-state index contributed by atoms with van der Waals surface area (Å²) in [5.74, 6) is -0.722. The average Bonchev–Trinajstić information content (AvgIpc) is 3.03. The van der Waals surface area contributed by atoms with Crippen molar-refractivity contribution in [3.05, 3.63) is 41.5 Å².